The molecule has 2 aromatic rings. The first-order valence-corrected chi connectivity index (χ1v) is 6.55. The molecule has 2 heterocycles. The number of hydrogen-bond acceptors (Lipinski definition) is 6. The van der Waals surface area contributed by atoms with Crippen LogP contribution in [0.3, 0.4) is 0 Å². The molecule has 7 heteroatoms. The van der Waals surface area contributed by atoms with E-state index in [1.807, 2.05) is 24.4 Å². The molecule has 0 bridgehead atoms. The fourth-order valence-electron chi connectivity index (χ4n) is 1.46. The quantitative estimate of drug-likeness (QED) is 0.874. The summed E-state index contributed by atoms with van der Waals surface area (Å²) in [5.41, 5.74) is 6.80. The van der Waals surface area contributed by atoms with E-state index in [-0.39, 0.29) is 5.91 Å². The first-order valence-electron chi connectivity index (χ1n) is 5.67. The highest BCUT2D eigenvalue weighted by atomic mass is 32.1. The van der Waals surface area contributed by atoms with Crippen molar-refractivity contribution in [3.8, 4) is 0 Å². The van der Waals surface area contributed by atoms with E-state index in [0.717, 1.165) is 11.5 Å². The van der Waals surface area contributed by atoms with Crippen molar-refractivity contribution < 1.29 is 4.79 Å². The van der Waals surface area contributed by atoms with Gasteiger partial charge in [-0.15, -0.1) is 11.3 Å². The van der Waals surface area contributed by atoms with Gasteiger partial charge in [-0.3, -0.25) is 4.79 Å². The second kappa shape index (κ2) is 5.66. The molecule has 1 amide bonds. The van der Waals surface area contributed by atoms with Crippen molar-refractivity contribution in [2.24, 2.45) is 0 Å². The predicted octanol–water partition coefficient (Wildman–Crippen LogP) is 1.12. The summed E-state index contributed by atoms with van der Waals surface area (Å²) in [7, 11) is 3.80. The van der Waals surface area contributed by atoms with E-state index in [1.54, 1.807) is 18.3 Å². The van der Waals surface area contributed by atoms with Crippen LogP contribution in [0, 0.1) is 0 Å². The number of hydrogen-bond donors (Lipinski definition) is 2. The molecular formula is C12H15N5OS. The number of carbonyl (C=O) groups excluding carboxylic acids is 1. The molecule has 0 radical (unpaired) electrons. The van der Waals surface area contributed by atoms with E-state index < -0.39 is 0 Å². The standard InChI is InChI=1S/C12H15N5OS/c1-17(2)10-4-3-8(5-14-10)11(18)15-6-9-7-19-12(13)16-9/h3-5,7H,6H2,1-2H3,(H2,13,16)(H,15,18). The van der Waals surface area contributed by atoms with Crippen LogP contribution in [0.4, 0.5) is 10.9 Å². The number of nitrogens with two attached hydrogens (primary N) is 1. The number of thiazole rings is 1. The Morgan fingerprint density at radius 3 is 2.79 bits per heavy atom. The zero-order valence-electron chi connectivity index (χ0n) is 10.8. The molecule has 100 valence electrons. The van der Waals surface area contributed by atoms with Crippen molar-refractivity contribution in [3.05, 3.63) is 35.0 Å². The lowest BCUT2D eigenvalue weighted by Crippen LogP contribution is -2.23. The average molecular weight is 277 g/mol. The number of anilines is 2. The molecule has 0 saturated heterocycles. The summed E-state index contributed by atoms with van der Waals surface area (Å²) in [4.78, 5) is 22.0. The molecule has 0 atom stereocenters. The van der Waals surface area contributed by atoms with Gasteiger partial charge in [0.2, 0.25) is 0 Å². The van der Waals surface area contributed by atoms with Gasteiger partial charge in [-0.25, -0.2) is 9.97 Å². The topological polar surface area (TPSA) is 84.1 Å². The van der Waals surface area contributed by atoms with Gasteiger partial charge in [0.15, 0.2) is 5.13 Å². The number of nitrogens with zero attached hydrogens (tertiary/aromatic N) is 3. The maximum atomic E-state index is 11.9. The summed E-state index contributed by atoms with van der Waals surface area (Å²) in [6, 6.07) is 3.54. The summed E-state index contributed by atoms with van der Waals surface area (Å²) in [5, 5.41) is 5.10. The fourth-order valence-corrected chi connectivity index (χ4v) is 2.02. The average Bonchev–Trinajstić information content (AvgIpc) is 2.82. The molecule has 19 heavy (non-hydrogen) atoms. The monoisotopic (exact) mass is 277 g/mol. The number of amides is 1. The van der Waals surface area contributed by atoms with Crippen LogP contribution in [-0.2, 0) is 6.54 Å². The Labute approximate surface area is 115 Å². The number of rotatable bonds is 4. The first-order chi connectivity index (χ1) is 9.06. The predicted molar refractivity (Wildman–Crippen MR) is 76.3 cm³/mol. The summed E-state index contributed by atoms with van der Waals surface area (Å²) < 4.78 is 0. The van der Waals surface area contributed by atoms with E-state index in [1.165, 1.54) is 11.3 Å². The lowest BCUT2D eigenvalue weighted by atomic mass is 10.2. The van der Waals surface area contributed by atoms with Crippen LogP contribution in [0.5, 0.6) is 0 Å². The Bertz CT molecular complexity index is 564. The van der Waals surface area contributed by atoms with Crippen molar-refractivity contribution in [1.29, 1.82) is 0 Å². The van der Waals surface area contributed by atoms with Gasteiger partial charge in [0.05, 0.1) is 17.8 Å². The van der Waals surface area contributed by atoms with Gasteiger partial charge in [-0.1, -0.05) is 0 Å². The molecule has 0 unspecified atom stereocenters. The normalized spacial score (nSPS) is 10.2. The molecule has 0 aliphatic rings. The Balaban J connectivity index is 1.96. The number of pyridine rings is 1. The van der Waals surface area contributed by atoms with Gasteiger partial charge < -0.3 is 16.0 Å². The molecule has 6 nitrogen and oxygen atoms in total. The molecule has 0 aliphatic heterocycles. The summed E-state index contributed by atoms with van der Waals surface area (Å²) in [5.74, 6) is 0.633. The minimum atomic E-state index is -0.177. The third kappa shape index (κ3) is 3.41. The lowest BCUT2D eigenvalue weighted by Gasteiger charge is -2.11. The van der Waals surface area contributed by atoms with Crippen LogP contribution in [0.2, 0.25) is 0 Å². The molecule has 2 aromatic heterocycles. The van der Waals surface area contributed by atoms with Gasteiger partial charge in [0, 0.05) is 25.7 Å². The van der Waals surface area contributed by atoms with Crippen molar-refractivity contribution in [2.45, 2.75) is 6.54 Å². The van der Waals surface area contributed by atoms with E-state index in [9.17, 15) is 4.79 Å². The molecular weight excluding hydrogens is 262 g/mol. The van der Waals surface area contributed by atoms with Gasteiger partial charge >= 0.3 is 0 Å². The molecule has 0 saturated carbocycles. The first kappa shape index (κ1) is 13.3. The minimum Gasteiger partial charge on any atom is -0.375 e. The van der Waals surface area contributed by atoms with Crippen molar-refractivity contribution in [3.63, 3.8) is 0 Å². The molecule has 0 aromatic carbocycles. The number of nitrogens with one attached hydrogen (secondary N) is 1. The Morgan fingerprint density at radius 2 is 2.26 bits per heavy atom. The molecule has 0 aliphatic carbocycles. The van der Waals surface area contributed by atoms with Gasteiger partial charge in [0.1, 0.15) is 5.82 Å². The lowest BCUT2D eigenvalue weighted by molar-refractivity contribution is 0.0950. The maximum absolute atomic E-state index is 11.9. The Hall–Kier alpha value is -2.15. The molecule has 0 fully saturated rings. The minimum absolute atomic E-state index is 0.177. The summed E-state index contributed by atoms with van der Waals surface area (Å²) in [6.45, 7) is 0.363. The second-order valence-electron chi connectivity index (χ2n) is 4.16. The highest BCUT2D eigenvalue weighted by molar-refractivity contribution is 7.13. The number of nitrogen functional groups attached to an aromatic ring is 1. The van der Waals surface area contributed by atoms with E-state index in [4.69, 9.17) is 5.73 Å². The van der Waals surface area contributed by atoms with E-state index >= 15 is 0 Å². The third-order valence-electron chi connectivity index (χ3n) is 2.47. The van der Waals surface area contributed by atoms with Crippen LogP contribution >= 0.6 is 11.3 Å². The van der Waals surface area contributed by atoms with Crippen molar-refractivity contribution in [1.82, 2.24) is 15.3 Å². The highest BCUT2D eigenvalue weighted by Gasteiger charge is 2.07. The Kier molecular flexibility index (Phi) is 3.96. The van der Waals surface area contributed by atoms with Crippen LogP contribution in [0.15, 0.2) is 23.7 Å². The van der Waals surface area contributed by atoms with Crippen molar-refractivity contribution >= 4 is 28.2 Å². The molecule has 0 spiro atoms. The van der Waals surface area contributed by atoms with E-state index in [0.29, 0.717) is 17.2 Å². The van der Waals surface area contributed by atoms with Crippen LogP contribution in [0.25, 0.3) is 0 Å². The van der Waals surface area contributed by atoms with Crippen LogP contribution in [-0.4, -0.2) is 30.0 Å². The zero-order valence-corrected chi connectivity index (χ0v) is 11.6. The number of aromatic nitrogens is 2. The smallest absolute Gasteiger partial charge is 0.253 e. The SMILES string of the molecule is CN(C)c1ccc(C(=O)NCc2csc(N)n2)cn1. The zero-order chi connectivity index (χ0) is 13.8. The van der Waals surface area contributed by atoms with Gasteiger partial charge in [0.25, 0.3) is 5.91 Å². The Morgan fingerprint density at radius 1 is 1.47 bits per heavy atom. The van der Waals surface area contributed by atoms with Gasteiger partial charge in [-0.2, -0.15) is 0 Å². The summed E-state index contributed by atoms with van der Waals surface area (Å²) >= 11 is 1.35. The highest BCUT2D eigenvalue weighted by Crippen LogP contribution is 2.11. The van der Waals surface area contributed by atoms with Crippen LogP contribution < -0.4 is 16.0 Å². The number of carbonyl (C=O) groups is 1. The summed E-state index contributed by atoms with van der Waals surface area (Å²) in [6.07, 6.45) is 1.56. The third-order valence-corrected chi connectivity index (χ3v) is 3.19. The van der Waals surface area contributed by atoms with Gasteiger partial charge in [-0.05, 0) is 12.1 Å². The second-order valence-corrected chi connectivity index (χ2v) is 5.05. The van der Waals surface area contributed by atoms with Crippen molar-refractivity contribution in [2.75, 3.05) is 24.7 Å². The largest absolute Gasteiger partial charge is 0.375 e. The molecule has 2 rings (SSSR count). The van der Waals surface area contributed by atoms with Crippen LogP contribution in [0.1, 0.15) is 16.1 Å². The molecule has 3 N–H and O–H groups in total. The maximum Gasteiger partial charge on any atom is 0.253 e. The fraction of sp³-hybridized carbons (Fsp3) is 0.250. The van der Waals surface area contributed by atoms with E-state index in [2.05, 4.69) is 15.3 Å².